The molecule has 2 N–H and O–H groups in total. The van der Waals surface area contributed by atoms with Crippen molar-refractivity contribution >= 4 is 18.0 Å². The third-order valence-corrected chi connectivity index (χ3v) is 8.65. The maximum Gasteiger partial charge on any atom is 0.254 e. The molecule has 0 radical (unpaired) electrons. The van der Waals surface area contributed by atoms with Crippen LogP contribution in [0, 0.1) is 5.92 Å². The molecule has 39 heavy (non-hydrogen) atoms. The molecule has 2 saturated heterocycles. The van der Waals surface area contributed by atoms with Crippen molar-refractivity contribution in [3.05, 3.63) is 64.7 Å². The van der Waals surface area contributed by atoms with E-state index in [-0.39, 0.29) is 11.9 Å². The van der Waals surface area contributed by atoms with Crippen LogP contribution < -0.4 is 10.1 Å². The van der Waals surface area contributed by atoms with Crippen molar-refractivity contribution < 1.29 is 24.2 Å². The number of hydrogen-bond acceptors (Lipinski definition) is 7. The van der Waals surface area contributed by atoms with Crippen molar-refractivity contribution in [2.45, 2.75) is 76.9 Å². The van der Waals surface area contributed by atoms with Crippen molar-refractivity contribution in [1.82, 2.24) is 15.1 Å². The first-order valence-corrected chi connectivity index (χ1v) is 14.0. The van der Waals surface area contributed by atoms with Gasteiger partial charge in [0.25, 0.3) is 5.91 Å². The van der Waals surface area contributed by atoms with Gasteiger partial charge in [-0.25, -0.2) is 0 Å². The van der Waals surface area contributed by atoms with Crippen molar-refractivity contribution in [2.75, 3.05) is 19.6 Å². The SMILES string of the molecule is CC(C)(O)C1CCN(Cc2ccc(COc3cccc4c3CN(C3CCC(C(=O)C=O)NC3)C4=O)cc2)CC1. The largest absolute Gasteiger partial charge is 0.489 e. The number of carbonyl (C=O) groups is 3. The van der Waals surface area contributed by atoms with Crippen LogP contribution in [0.3, 0.4) is 0 Å². The minimum Gasteiger partial charge on any atom is -0.489 e. The highest BCUT2D eigenvalue weighted by Gasteiger charge is 2.37. The molecule has 0 saturated carbocycles. The van der Waals surface area contributed by atoms with Crippen molar-refractivity contribution in [3.8, 4) is 5.75 Å². The quantitative estimate of drug-likeness (QED) is 0.378. The Bertz CT molecular complexity index is 1190. The van der Waals surface area contributed by atoms with Crippen LogP contribution >= 0.6 is 0 Å². The molecule has 5 rings (SSSR count). The fourth-order valence-corrected chi connectivity index (χ4v) is 6.15. The van der Waals surface area contributed by atoms with Gasteiger partial charge in [0, 0.05) is 30.3 Å². The fourth-order valence-electron chi connectivity index (χ4n) is 6.15. The fraction of sp³-hybridized carbons (Fsp3) is 0.516. The molecule has 1 amide bonds. The molecule has 2 atom stereocenters. The van der Waals surface area contributed by atoms with Crippen LogP contribution in [0.15, 0.2) is 42.5 Å². The summed E-state index contributed by atoms with van der Waals surface area (Å²) in [7, 11) is 0. The van der Waals surface area contributed by atoms with Crippen LogP contribution in [-0.4, -0.2) is 70.2 Å². The first-order valence-electron chi connectivity index (χ1n) is 14.0. The summed E-state index contributed by atoms with van der Waals surface area (Å²) in [6.07, 6.45) is 3.63. The number of benzene rings is 2. The van der Waals surface area contributed by atoms with E-state index in [2.05, 4.69) is 34.5 Å². The summed E-state index contributed by atoms with van der Waals surface area (Å²) in [5.74, 6) is 0.638. The zero-order valence-corrected chi connectivity index (χ0v) is 22.9. The van der Waals surface area contributed by atoms with Crippen LogP contribution in [0.4, 0.5) is 0 Å². The van der Waals surface area contributed by atoms with Gasteiger partial charge in [-0.3, -0.25) is 19.3 Å². The first-order chi connectivity index (χ1) is 18.7. The number of carbonyl (C=O) groups excluding carboxylic acids is 3. The number of aliphatic hydroxyl groups is 1. The minimum absolute atomic E-state index is 0.0154. The van der Waals surface area contributed by atoms with Gasteiger partial charge in [-0.05, 0) is 81.8 Å². The number of likely N-dealkylation sites (tertiary alicyclic amines) is 1. The molecule has 8 heteroatoms. The van der Waals surface area contributed by atoms with Crippen molar-refractivity contribution in [1.29, 1.82) is 0 Å². The number of rotatable bonds is 9. The number of amides is 1. The molecule has 2 aromatic rings. The topological polar surface area (TPSA) is 99.2 Å². The number of hydrogen-bond donors (Lipinski definition) is 2. The van der Waals surface area contributed by atoms with Crippen LogP contribution in [0.2, 0.25) is 0 Å². The zero-order valence-electron chi connectivity index (χ0n) is 22.9. The lowest BCUT2D eigenvalue weighted by atomic mass is 9.83. The average Bonchev–Trinajstić information content (AvgIpc) is 3.29. The Balaban J connectivity index is 1.14. The molecule has 8 nitrogen and oxygen atoms in total. The summed E-state index contributed by atoms with van der Waals surface area (Å²) < 4.78 is 6.20. The lowest BCUT2D eigenvalue weighted by molar-refractivity contribution is -0.131. The van der Waals surface area contributed by atoms with Gasteiger partial charge in [0.15, 0.2) is 6.29 Å². The summed E-state index contributed by atoms with van der Waals surface area (Å²) in [5.41, 5.74) is 3.30. The molecule has 2 fully saturated rings. The second-order valence-electron chi connectivity index (χ2n) is 11.7. The number of aldehydes is 1. The van der Waals surface area contributed by atoms with Gasteiger partial charge < -0.3 is 20.1 Å². The predicted octanol–water partition coefficient (Wildman–Crippen LogP) is 3.09. The second kappa shape index (κ2) is 11.6. The van der Waals surface area contributed by atoms with Gasteiger partial charge in [0.1, 0.15) is 12.4 Å². The number of nitrogens with zero attached hydrogens (tertiary/aromatic N) is 2. The van der Waals surface area contributed by atoms with Crippen LogP contribution in [0.1, 0.15) is 66.6 Å². The smallest absolute Gasteiger partial charge is 0.254 e. The van der Waals surface area contributed by atoms with Gasteiger partial charge >= 0.3 is 0 Å². The lowest BCUT2D eigenvalue weighted by Gasteiger charge is -2.37. The Morgan fingerprint density at radius 2 is 1.79 bits per heavy atom. The molecule has 208 valence electrons. The van der Waals surface area contributed by atoms with E-state index in [9.17, 15) is 19.5 Å². The van der Waals surface area contributed by atoms with Crippen LogP contribution in [0.5, 0.6) is 5.75 Å². The molecular formula is C31H39N3O5. The summed E-state index contributed by atoms with van der Waals surface area (Å²) in [4.78, 5) is 40.0. The monoisotopic (exact) mass is 533 g/mol. The van der Waals surface area contributed by atoms with Gasteiger partial charge in [-0.2, -0.15) is 0 Å². The van der Waals surface area contributed by atoms with E-state index in [1.807, 2.05) is 36.9 Å². The van der Waals surface area contributed by atoms with Gasteiger partial charge in [-0.15, -0.1) is 0 Å². The van der Waals surface area contributed by atoms with Crippen LogP contribution in [-0.2, 0) is 29.3 Å². The molecule has 0 bridgehead atoms. The van der Waals surface area contributed by atoms with Crippen molar-refractivity contribution in [3.63, 3.8) is 0 Å². The highest BCUT2D eigenvalue weighted by atomic mass is 16.5. The molecule has 3 aliphatic heterocycles. The summed E-state index contributed by atoms with van der Waals surface area (Å²) in [6, 6.07) is 13.7. The highest BCUT2D eigenvalue weighted by molar-refractivity contribution is 6.27. The lowest BCUT2D eigenvalue weighted by Crippen LogP contribution is -2.52. The van der Waals surface area contributed by atoms with Crippen LogP contribution in [0.25, 0.3) is 0 Å². The Hall–Kier alpha value is -3.07. The first kappa shape index (κ1) is 27.5. The molecule has 2 unspecified atom stereocenters. The molecule has 0 aromatic heterocycles. The summed E-state index contributed by atoms with van der Waals surface area (Å²) in [5, 5.41) is 13.4. The predicted molar refractivity (Wildman–Crippen MR) is 147 cm³/mol. The van der Waals surface area contributed by atoms with E-state index in [4.69, 9.17) is 4.74 Å². The Labute approximate surface area is 230 Å². The van der Waals surface area contributed by atoms with E-state index < -0.39 is 17.4 Å². The number of ether oxygens (including phenoxy) is 1. The van der Waals surface area contributed by atoms with E-state index in [1.54, 1.807) is 0 Å². The normalized spacial score (nSPS) is 22.5. The van der Waals surface area contributed by atoms with E-state index in [1.165, 1.54) is 5.56 Å². The van der Waals surface area contributed by atoms with Gasteiger partial charge in [0.2, 0.25) is 5.78 Å². The third kappa shape index (κ3) is 6.24. The van der Waals surface area contributed by atoms with Gasteiger partial charge in [0.05, 0.1) is 18.2 Å². The molecule has 0 spiro atoms. The Kier molecular flexibility index (Phi) is 8.16. The molecular weight excluding hydrogens is 494 g/mol. The molecule has 2 aromatic carbocycles. The number of Topliss-reactive ketones (excluding diaryl/α,β-unsaturated/α-hetero) is 1. The standard InChI is InChI=1S/C31H39N3O5/c1-31(2,38)23-12-14-33(15-13-23)17-21-6-8-22(9-7-21)20-39-29-5-3-4-25-26(29)18-34(30(25)37)24-10-11-27(32-16-24)28(36)19-35/h3-9,19,23-24,27,32,38H,10-18,20H2,1-2H3. The molecule has 3 heterocycles. The second-order valence-corrected chi connectivity index (χ2v) is 11.7. The number of piperidine rings is 2. The van der Waals surface area contributed by atoms with Crippen molar-refractivity contribution in [2.24, 2.45) is 5.92 Å². The maximum atomic E-state index is 13.2. The summed E-state index contributed by atoms with van der Waals surface area (Å²) >= 11 is 0. The Morgan fingerprint density at radius 1 is 1.08 bits per heavy atom. The van der Waals surface area contributed by atoms with E-state index in [0.717, 1.165) is 49.4 Å². The number of nitrogens with one attached hydrogen (secondary N) is 1. The average molecular weight is 534 g/mol. The molecule has 0 aliphatic carbocycles. The number of fused-ring (bicyclic) bond motifs is 1. The van der Waals surface area contributed by atoms with E-state index in [0.29, 0.717) is 50.3 Å². The van der Waals surface area contributed by atoms with E-state index >= 15 is 0 Å². The summed E-state index contributed by atoms with van der Waals surface area (Å²) in [6.45, 7) is 8.13. The molecule has 3 aliphatic rings. The number of ketones is 1. The van der Waals surface area contributed by atoms with Gasteiger partial charge in [-0.1, -0.05) is 30.3 Å². The Morgan fingerprint density at radius 3 is 2.44 bits per heavy atom. The highest BCUT2D eigenvalue weighted by Crippen LogP contribution is 2.34. The zero-order chi connectivity index (χ0) is 27.6. The minimum atomic E-state index is -0.603. The third-order valence-electron chi connectivity index (χ3n) is 8.65. The maximum absolute atomic E-state index is 13.2.